The zero-order valence-corrected chi connectivity index (χ0v) is 11.6. The highest BCUT2D eigenvalue weighted by molar-refractivity contribution is 5.89. The summed E-state index contributed by atoms with van der Waals surface area (Å²) in [6.45, 7) is 3.56. The van der Waals surface area contributed by atoms with Crippen molar-refractivity contribution < 1.29 is 14.7 Å². The lowest BCUT2D eigenvalue weighted by atomic mass is 10.1. The summed E-state index contributed by atoms with van der Waals surface area (Å²) in [4.78, 5) is 25.3. The number of benzene rings is 1. The average molecular weight is 276 g/mol. The molecule has 1 aromatic rings. The summed E-state index contributed by atoms with van der Waals surface area (Å²) in [5.41, 5.74) is 1.83. The van der Waals surface area contributed by atoms with Gasteiger partial charge in [0, 0.05) is 26.1 Å². The third kappa shape index (κ3) is 3.36. The lowest BCUT2D eigenvalue weighted by molar-refractivity contribution is -0.128. The van der Waals surface area contributed by atoms with E-state index in [2.05, 4.69) is 5.32 Å². The number of nitrogens with zero attached hydrogens (tertiary/aromatic N) is 1. The molecule has 1 atom stereocenters. The van der Waals surface area contributed by atoms with Crippen LogP contribution in [0.15, 0.2) is 24.3 Å². The van der Waals surface area contributed by atoms with Crippen molar-refractivity contribution in [3.05, 3.63) is 35.4 Å². The van der Waals surface area contributed by atoms with E-state index in [-0.39, 0.29) is 24.3 Å². The van der Waals surface area contributed by atoms with Gasteiger partial charge in [0.15, 0.2) is 0 Å². The number of rotatable bonds is 5. The standard InChI is InChI=1S/C15H20N2O3/c1-2-17-9-13(7-14(17)19)15(20)16-8-11-3-5-12(10-18)6-4-11/h3-6,13,18H,2,7-10H2,1H3,(H,16,20). The van der Waals surface area contributed by atoms with E-state index in [1.807, 2.05) is 31.2 Å². The van der Waals surface area contributed by atoms with E-state index in [4.69, 9.17) is 5.11 Å². The van der Waals surface area contributed by atoms with Gasteiger partial charge in [-0.25, -0.2) is 0 Å². The number of carbonyl (C=O) groups is 2. The Hall–Kier alpha value is -1.88. The maximum atomic E-state index is 12.0. The van der Waals surface area contributed by atoms with Gasteiger partial charge in [-0.15, -0.1) is 0 Å². The summed E-state index contributed by atoms with van der Waals surface area (Å²) in [6, 6.07) is 7.42. The maximum absolute atomic E-state index is 12.0. The van der Waals surface area contributed by atoms with E-state index in [9.17, 15) is 9.59 Å². The Morgan fingerprint density at radius 1 is 1.35 bits per heavy atom. The topological polar surface area (TPSA) is 69.6 Å². The number of aliphatic hydroxyl groups is 1. The SMILES string of the molecule is CCN1CC(C(=O)NCc2ccc(CO)cc2)CC1=O. The van der Waals surface area contributed by atoms with Crippen molar-refractivity contribution >= 4 is 11.8 Å². The normalized spacial score (nSPS) is 18.4. The Labute approximate surface area is 118 Å². The van der Waals surface area contributed by atoms with Gasteiger partial charge < -0.3 is 15.3 Å². The molecule has 0 radical (unpaired) electrons. The van der Waals surface area contributed by atoms with Crippen molar-refractivity contribution in [3.8, 4) is 0 Å². The summed E-state index contributed by atoms with van der Waals surface area (Å²) in [6.07, 6.45) is 0.309. The van der Waals surface area contributed by atoms with E-state index in [0.717, 1.165) is 11.1 Å². The minimum Gasteiger partial charge on any atom is -0.392 e. The van der Waals surface area contributed by atoms with Gasteiger partial charge in [-0.2, -0.15) is 0 Å². The molecule has 0 spiro atoms. The van der Waals surface area contributed by atoms with E-state index in [1.165, 1.54) is 0 Å². The molecular weight excluding hydrogens is 256 g/mol. The molecule has 1 fully saturated rings. The Morgan fingerprint density at radius 3 is 2.55 bits per heavy atom. The summed E-state index contributed by atoms with van der Waals surface area (Å²) in [5.74, 6) is -0.250. The van der Waals surface area contributed by atoms with Gasteiger partial charge in [-0.05, 0) is 18.1 Å². The highest BCUT2D eigenvalue weighted by Crippen LogP contribution is 2.17. The van der Waals surface area contributed by atoms with Crippen LogP contribution >= 0.6 is 0 Å². The first-order chi connectivity index (χ1) is 9.63. The van der Waals surface area contributed by atoms with Crippen LogP contribution in [-0.4, -0.2) is 34.9 Å². The van der Waals surface area contributed by atoms with Gasteiger partial charge in [0.1, 0.15) is 0 Å². The zero-order valence-electron chi connectivity index (χ0n) is 11.6. The molecule has 1 heterocycles. The van der Waals surface area contributed by atoms with Gasteiger partial charge in [-0.3, -0.25) is 9.59 Å². The molecule has 108 valence electrons. The monoisotopic (exact) mass is 276 g/mol. The van der Waals surface area contributed by atoms with Gasteiger partial charge in [-0.1, -0.05) is 24.3 Å². The number of likely N-dealkylation sites (tertiary alicyclic amines) is 1. The highest BCUT2D eigenvalue weighted by atomic mass is 16.3. The molecule has 2 amide bonds. The van der Waals surface area contributed by atoms with Crippen LogP contribution in [0.5, 0.6) is 0 Å². The molecule has 0 bridgehead atoms. The summed E-state index contributed by atoms with van der Waals surface area (Å²) in [7, 11) is 0. The van der Waals surface area contributed by atoms with Crippen LogP contribution in [0.1, 0.15) is 24.5 Å². The molecule has 20 heavy (non-hydrogen) atoms. The lowest BCUT2D eigenvalue weighted by Gasteiger charge is -2.13. The number of aliphatic hydroxyl groups excluding tert-OH is 1. The minimum absolute atomic E-state index is 0.0175. The second-order valence-corrected chi connectivity index (χ2v) is 5.03. The molecule has 0 aliphatic carbocycles. The largest absolute Gasteiger partial charge is 0.392 e. The van der Waals surface area contributed by atoms with Gasteiger partial charge in [0.25, 0.3) is 0 Å². The summed E-state index contributed by atoms with van der Waals surface area (Å²) >= 11 is 0. The van der Waals surface area contributed by atoms with E-state index < -0.39 is 0 Å². The Kier molecular flexibility index (Phi) is 4.74. The van der Waals surface area contributed by atoms with Crippen molar-refractivity contribution in [2.75, 3.05) is 13.1 Å². The van der Waals surface area contributed by atoms with E-state index >= 15 is 0 Å². The predicted molar refractivity (Wildman–Crippen MR) is 74.6 cm³/mol. The van der Waals surface area contributed by atoms with Crippen molar-refractivity contribution in [1.29, 1.82) is 0 Å². The van der Waals surface area contributed by atoms with Crippen LogP contribution < -0.4 is 5.32 Å². The molecule has 2 N–H and O–H groups in total. The number of hydrogen-bond acceptors (Lipinski definition) is 3. The predicted octanol–water partition coefficient (Wildman–Crippen LogP) is 0.663. The second kappa shape index (κ2) is 6.52. The van der Waals surface area contributed by atoms with Crippen LogP contribution in [0, 0.1) is 5.92 Å². The van der Waals surface area contributed by atoms with Crippen molar-refractivity contribution in [2.45, 2.75) is 26.5 Å². The first-order valence-electron chi connectivity index (χ1n) is 6.88. The van der Waals surface area contributed by atoms with Gasteiger partial charge >= 0.3 is 0 Å². The lowest BCUT2D eigenvalue weighted by Crippen LogP contribution is -2.32. The van der Waals surface area contributed by atoms with E-state index in [1.54, 1.807) is 4.90 Å². The van der Waals surface area contributed by atoms with Crippen molar-refractivity contribution in [3.63, 3.8) is 0 Å². The number of nitrogens with one attached hydrogen (secondary N) is 1. The molecule has 1 aromatic carbocycles. The fourth-order valence-electron chi connectivity index (χ4n) is 2.35. The quantitative estimate of drug-likeness (QED) is 0.830. The van der Waals surface area contributed by atoms with Gasteiger partial charge in [0.2, 0.25) is 11.8 Å². The second-order valence-electron chi connectivity index (χ2n) is 5.03. The first-order valence-corrected chi connectivity index (χ1v) is 6.88. The molecule has 0 aromatic heterocycles. The van der Waals surface area contributed by atoms with Crippen molar-refractivity contribution in [1.82, 2.24) is 10.2 Å². The van der Waals surface area contributed by atoms with Crippen LogP contribution in [-0.2, 0) is 22.7 Å². The number of amides is 2. The van der Waals surface area contributed by atoms with Crippen molar-refractivity contribution in [2.24, 2.45) is 5.92 Å². The number of carbonyl (C=O) groups excluding carboxylic acids is 2. The zero-order chi connectivity index (χ0) is 14.5. The third-order valence-electron chi connectivity index (χ3n) is 3.64. The van der Waals surface area contributed by atoms with Crippen LogP contribution in [0.25, 0.3) is 0 Å². The van der Waals surface area contributed by atoms with Gasteiger partial charge in [0.05, 0.1) is 12.5 Å². The molecule has 0 saturated carbocycles. The molecule has 1 aliphatic rings. The molecule has 1 unspecified atom stereocenters. The van der Waals surface area contributed by atoms with Crippen LogP contribution in [0.4, 0.5) is 0 Å². The smallest absolute Gasteiger partial charge is 0.225 e. The highest BCUT2D eigenvalue weighted by Gasteiger charge is 2.33. The first kappa shape index (κ1) is 14.5. The molecule has 2 rings (SSSR count). The third-order valence-corrected chi connectivity index (χ3v) is 3.64. The van der Waals surface area contributed by atoms with Crippen LogP contribution in [0.3, 0.4) is 0 Å². The molecular formula is C15H20N2O3. The fourth-order valence-corrected chi connectivity index (χ4v) is 2.35. The average Bonchev–Trinajstić information content (AvgIpc) is 2.86. The molecule has 1 saturated heterocycles. The summed E-state index contributed by atoms with van der Waals surface area (Å²) in [5, 5.41) is 11.8. The maximum Gasteiger partial charge on any atom is 0.225 e. The van der Waals surface area contributed by atoms with E-state index in [0.29, 0.717) is 26.1 Å². The minimum atomic E-state index is -0.237. The van der Waals surface area contributed by atoms with Crippen LogP contribution in [0.2, 0.25) is 0 Å². The fraction of sp³-hybridized carbons (Fsp3) is 0.467. The Bertz CT molecular complexity index is 484. The molecule has 5 heteroatoms. The Morgan fingerprint density at radius 2 is 2.00 bits per heavy atom. The Balaban J connectivity index is 1.84. The molecule has 5 nitrogen and oxygen atoms in total. The molecule has 1 aliphatic heterocycles. The summed E-state index contributed by atoms with van der Waals surface area (Å²) < 4.78 is 0. The number of hydrogen-bond donors (Lipinski definition) is 2.